The van der Waals surface area contributed by atoms with Gasteiger partial charge in [0, 0.05) is 22.5 Å². The number of ether oxygens (including phenoxy) is 1. The summed E-state index contributed by atoms with van der Waals surface area (Å²) >= 11 is 3.74. The summed E-state index contributed by atoms with van der Waals surface area (Å²) in [5, 5.41) is 0.532. The lowest BCUT2D eigenvalue weighted by Gasteiger charge is -2.38. The van der Waals surface area contributed by atoms with E-state index in [9.17, 15) is 4.79 Å². The number of aryl methyl sites for hydroxylation is 1. The highest BCUT2D eigenvalue weighted by molar-refractivity contribution is 8.04. The molecule has 0 aliphatic carbocycles. The number of hydrogen-bond donors (Lipinski definition) is 0. The third-order valence-electron chi connectivity index (χ3n) is 6.63. The molecule has 168 valence electrons. The van der Waals surface area contributed by atoms with Crippen LogP contribution in [0.25, 0.3) is 0 Å². The fraction of sp³-hybridized carbons (Fsp3) is 0.654. The Morgan fingerprint density at radius 3 is 2.40 bits per heavy atom. The maximum Gasteiger partial charge on any atom is 0.138 e. The normalized spacial score (nSPS) is 17.5. The van der Waals surface area contributed by atoms with Crippen LogP contribution in [0.1, 0.15) is 84.8 Å². The van der Waals surface area contributed by atoms with Crippen molar-refractivity contribution in [1.82, 2.24) is 0 Å². The second-order valence-corrected chi connectivity index (χ2v) is 11.7. The Kier molecular flexibility index (Phi) is 9.00. The van der Waals surface area contributed by atoms with Gasteiger partial charge >= 0.3 is 0 Å². The molecule has 0 bridgehead atoms. The highest BCUT2D eigenvalue weighted by Crippen LogP contribution is 2.52. The minimum absolute atomic E-state index is 0.143. The molecule has 0 aromatic heterocycles. The number of thioether (sulfide) groups is 2. The topological polar surface area (TPSA) is 26.3 Å². The number of rotatable bonds is 10. The fourth-order valence-electron chi connectivity index (χ4n) is 4.43. The number of ketones is 1. The molecule has 1 unspecified atom stereocenters. The zero-order valence-corrected chi connectivity index (χ0v) is 21.8. The van der Waals surface area contributed by atoms with Crippen LogP contribution in [0.5, 0.6) is 5.75 Å². The van der Waals surface area contributed by atoms with Crippen molar-refractivity contribution in [2.75, 3.05) is 12.2 Å². The molecule has 1 aliphatic rings. The molecule has 30 heavy (non-hydrogen) atoms. The molecule has 1 heterocycles. The van der Waals surface area contributed by atoms with Crippen LogP contribution in [0.2, 0.25) is 0 Å². The average Bonchev–Trinajstić information content (AvgIpc) is 3.07. The molecule has 1 aromatic carbocycles. The second-order valence-electron chi connectivity index (χ2n) is 9.58. The van der Waals surface area contributed by atoms with Gasteiger partial charge in [-0.3, -0.25) is 4.79 Å². The number of hydrogen-bond acceptors (Lipinski definition) is 4. The molecule has 2 rings (SSSR count). The summed E-state index contributed by atoms with van der Waals surface area (Å²) in [5.41, 5.74) is 4.03. The molecule has 0 amide bonds. The summed E-state index contributed by atoms with van der Waals surface area (Å²) in [7, 11) is 0. The van der Waals surface area contributed by atoms with E-state index in [2.05, 4.69) is 52.1 Å². The summed E-state index contributed by atoms with van der Waals surface area (Å²) < 4.78 is 5.88. The Labute approximate surface area is 193 Å². The summed E-state index contributed by atoms with van der Waals surface area (Å²) in [6.07, 6.45) is 6.96. The van der Waals surface area contributed by atoms with E-state index in [0.717, 1.165) is 31.4 Å². The standard InChI is InChI=1S/C26H40O2S2/c1-9-26(10-2,20-11-12-21(18(3)15-20)28-17-29-8)24-16-19(4)22(30-24)13-14-23(27)25(5,6)7/h11-12,15,24H,9-10,13-14,16-17H2,1-8H3. The maximum atomic E-state index is 12.4. The average molecular weight is 449 g/mol. The Balaban J connectivity index is 2.20. The third-order valence-corrected chi connectivity index (χ3v) is 8.72. The number of allylic oxidation sites excluding steroid dienone is 2. The lowest BCUT2D eigenvalue weighted by molar-refractivity contribution is -0.126. The van der Waals surface area contributed by atoms with E-state index in [4.69, 9.17) is 4.74 Å². The predicted molar refractivity (Wildman–Crippen MR) is 135 cm³/mol. The molecular weight excluding hydrogens is 408 g/mol. The first-order chi connectivity index (χ1) is 14.1. The van der Waals surface area contributed by atoms with Crippen molar-refractivity contribution in [2.45, 2.75) is 91.2 Å². The Morgan fingerprint density at radius 1 is 1.20 bits per heavy atom. The van der Waals surface area contributed by atoms with Crippen LogP contribution >= 0.6 is 23.5 Å². The van der Waals surface area contributed by atoms with Gasteiger partial charge in [0.2, 0.25) is 0 Å². The number of benzene rings is 1. The monoisotopic (exact) mass is 448 g/mol. The predicted octanol–water partition coefficient (Wildman–Crippen LogP) is 7.93. The summed E-state index contributed by atoms with van der Waals surface area (Å²) in [6.45, 7) is 15.1. The van der Waals surface area contributed by atoms with Crippen LogP contribution < -0.4 is 4.74 Å². The van der Waals surface area contributed by atoms with E-state index in [1.54, 1.807) is 11.8 Å². The molecule has 1 atom stereocenters. The first kappa shape index (κ1) is 25.4. The first-order valence-electron chi connectivity index (χ1n) is 11.2. The van der Waals surface area contributed by atoms with Crippen molar-refractivity contribution in [3.63, 3.8) is 0 Å². The molecule has 4 heteroatoms. The highest BCUT2D eigenvalue weighted by Gasteiger charge is 2.41. The van der Waals surface area contributed by atoms with Gasteiger partial charge in [0.25, 0.3) is 0 Å². The van der Waals surface area contributed by atoms with Gasteiger partial charge in [-0.15, -0.1) is 23.5 Å². The largest absolute Gasteiger partial charge is 0.483 e. The quantitative estimate of drug-likeness (QED) is 0.339. The van der Waals surface area contributed by atoms with Gasteiger partial charge < -0.3 is 4.74 Å². The van der Waals surface area contributed by atoms with E-state index >= 15 is 0 Å². The van der Waals surface area contributed by atoms with Gasteiger partial charge in [0.15, 0.2) is 0 Å². The highest BCUT2D eigenvalue weighted by atomic mass is 32.2. The summed E-state index contributed by atoms with van der Waals surface area (Å²) in [4.78, 5) is 13.9. The molecule has 0 fully saturated rings. The Morgan fingerprint density at radius 2 is 1.87 bits per heavy atom. The van der Waals surface area contributed by atoms with Crippen LogP contribution in [-0.2, 0) is 10.2 Å². The minimum Gasteiger partial charge on any atom is -0.483 e. The van der Waals surface area contributed by atoms with Gasteiger partial charge in [-0.1, -0.05) is 52.3 Å². The van der Waals surface area contributed by atoms with E-state index < -0.39 is 0 Å². The molecule has 0 spiro atoms. The second kappa shape index (κ2) is 10.6. The van der Waals surface area contributed by atoms with Crippen molar-refractivity contribution in [1.29, 1.82) is 0 Å². The van der Waals surface area contributed by atoms with Gasteiger partial charge in [-0.25, -0.2) is 0 Å². The van der Waals surface area contributed by atoms with Gasteiger partial charge in [0.1, 0.15) is 17.5 Å². The van der Waals surface area contributed by atoms with Crippen LogP contribution in [0.4, 0.5) is 0 Å². The minimum atomic E-state index is -0.245. The molecule has 0 radical (unpaired) electrons. The molecular formula is C26H40O2S2. The molecule has 0 saturated carbocycles. The molecule has 2 nitrogen and oxygen atoms in total. The maximum absolute atomic E-state index is 12.4. The molecule has 1 aromatic rings. The Bertz CT molecular complexity index is 770. The molecule has 0 N–H and O–H groups in total. The zero-order chi connectivity index (χ0) is 22.5. The third kappa shape index (κ3) is 5.68. The zero-order valence-electron chi connectivity index (χ0n) is 20.2. The van der Waals surface area contributed by atoms with Gasteiger partial charge in [-0.2, -0.15) is 0 Å². The van der Waals surface area contributed by atoms with Crippen LogP contribution in [0.15, 0.2) is 28.7 Å². The fourth-order valence-corrected chi connectivity index (χ4v) is 6.55. The van der Waals surface area contributed by atoms with E-state index in [1.807, 2.05) is 32.5 Å². The SMILES string of the molecule is CCC(CC)(c1ccc(OCSC)c(C)c1)C1CC(C)=C(CCC(=O)C(C)(C)C)S1. The smallest absolute Gasteiger partial charge is 0.138 e. The van der Waals surface area contributed by atoms with Crippen molar-refractivity contribution in [3.8, 4) is 5.75 Å². The van der Waals surface area contributed by atoms with Gasteiger partial charge in [-0.05, 0) is 67.9 Å². The molecule has 1 aliphatic heterocycles. The number of carbonyl (C=O) groups excluding carboxylic acids is 1. The van der Waals surface area contributed by atoms with Crippen LogP contribution in [0, 0.1) is 12.3 Å². The van der Waals surface area contributed by atoms with Crippen molar-refractivity contribution in [2.24, 2.45) is 5.41 Å². The van der Waals surface area contributed by atoms with Crippen LogP contribution in [0.3, 0.4) is 0 Å². The van der Waals surface area contributed by atoms with Crippen LogP contribution in [-0.4, -0.2) is 23.2 Å². The summed E-state index contributed by atoms with van der Waals surface area (Å²) in [6, 6.07) is 6.79. The Hall–Kier alpha value is -0.870. The van der Waals surface area contributed by atoms with E-state index in [0.29, 0.717) is 23.4 Å². The van der Waals surface area contributed by atoms with Crippen molar-refractivity contribution < 1.29 is 9.53 Å². The lowest BCUT2D eigenvalue weighted by atomic mass is 9.71. The lowest BCUT2D eigenvalue weighted by Crippen LogP contribution is -2.35. The molecule has 0 saturated heterocycles. The van der Waals surface area contributed by atoms with Crippen molar-refractivity contribution >= 4 is 29.3 Å². The summed E-state index contributed by atoms with van der Waals surface area (Å²) in [5.74, 6) is 2.04. The van der Waals surface area contributed by atoms with E-state index in [-0.39, 0.29) is 10.8 Å². The van der Waals surface area contributed by atoms with Gasteiger partial charge in [0.05, 0.1) is 0 Å². The first-order valence-corrected chi connectivity index (χ1v) is 13.5. The van der Waals surface area contributed by atoms with E-state index in [1.165, 1.54) is 21.6 Å². The number of carbonyl (C=O) groups is 1. The number of Topliss-reactive ketones (excluding diaryl/α,β-unsaturated/α-hetero) is 1. The van der Waals surface area contributed by atoms with Crippen molar-refractivity contribution in [3.05, 3.63) is 39.8 Å².